The molecular formula is C18H15N3. The van der Waals surface area contributed by atoms with E-state index >= 15 is 0 Å². The molecule has 0 aliphatic heterocycles. The fraction of sp³-hybridized carbons (Fsp3) is 0.111. The standard InChI is InChI=1S/C18H15N3/c1-14-5-4-8-15(11-14)18-20-9-10-21(18)13-17-7-3-2-6-16(17)12-19/h2-11H,13H2,1H3. The molecule has 1 heterocycles. The van der Waals surface area contributed by atoms with Gasteiger partial charge in [-0.05, 0) is 24.6 Å². The third-order valence-electron chi connectivity index (χ3n) is 3.47. The maximum atomic E-state index is 9.19. The second-order valence-corrected chi connectivity index (χ2v) is 5.02. The Kier molecular flexibility index (Phi) is 3.53. The van der Waals surface area contributed by atoms with Crippen molar-refractivity contribution < 1.29 is 0 Å². The Morgan fingerprint density at radius 1 is 1.14 bits per heavy atom. The van der Waals surface area contributed by atoms with Gasteiger partial charge < -0.3 is 4.57 Å². The first-order valence-corrected chi connectivity index (χ1v) is 6.84. The predicted molar refractivity (Wildman–Crippen MR) is 82.7 cm³/mol. The Labute approximate surface area is 124 Å². The Balaban J connectivity index is 1.99. The van der Waals surface area contributed by atoms with Gasteiger partial charge in [0.05, 0.1) is 18.2 Å². The molecule has 0 unspecified atom stereocenters. The summed E-state index contributed by atoms with van der Waals surface area (Å²) in [5, 5.41) is 9.19. The van der Waals surface area contributed by atoms with E-state index in [0.717, 1.165) is 17.0 Å². The quantitative estimate of drug-likeness (QED) is 0.728. The maximum Gasteiger partial charge on any atom is 0.140 e. The van der Waals surface area contributed by atoms with Gasteiger partial charge in [-0.2, -0.15) is 5.26 Å². The number of aryl methyl sites for hydroxylation is 1. The molecule has 0 amide bonds. The summed E-state index contributed by atoms with van der Waals surface area (Å²) in [5.74, 6) is 0.923. The summed E-state index contributed by atoms with van der Waals surface area (Å²) in [5.41, 5.74) is 4.02. The van der Waals surface area contributed by atoms with E-state index in [9.17, 15) is 5.26 Å². The van der Waals surface area contributed by atoms with Crippen molar-refractivity contribution >= 4 is 0 Å². The summed E-state index contributed by atoms with van der Waals surface area (Å²) in [7, 11) is 0. The Morgan fingerprint density at radius 3 is 2.81 bits per heavy atom. The van der Waals surface area contributed by atoms with Crippen molar-refractivity contribution in [3.05, 3.63) is 77.6 Å². The Bertz CT molecular complexity index is 809. The van der Waals surface area contributed by atoms with Crippen LogP contribution in [0.3, 0.4) is 0 Å². The summed E-state index contributed by atoms with van der Waals surface area (Å²) < 4.78 is 2.07. The number of hydrogen-bond donors (Lipinski definition) is 0. The second-order valence-electron chi connectivity index (χ2n) is 5.02. The van der Waals surface area contributed by atoms with Crippen LogP contribution in [0.2, 0.25) is 0 Å². The van der Waals surface area contributed by atoms with Gasteiger partial charge in [0.15, 0.2) is 0 Å². The van der Waals surface area contributed by atoms with Crippen molar-refractivity contribution in [2.24, 2.45) is 0 Å². The van der Waals surface area contributed by atoms with Gasteiger partial charge in [0.2, 0.25) is 0 Å². The average Bonchev–Trinajstić information content (AvgIpc) is 2.96. The molecule has 1 aromatic heterocycles. The van der Waals surface area contributed by atoms with Gasteiger partial charge in [-0.1, -0.05) is 42.0 Å². The fourth-order valence-corrected chi connectivity index (χ4v) is 2.43. The Hall–Kier alpha value is -2.86. The van der Waals surface area contributed by atoms with E-state index in [1.54, 1.807) is 6.20 Å². The average molecular weight is 273 g/mol. The van der Waals surface area contributed by atoms with E-state index in [0.29, 0.717) is 12.1 Å². The molecule has 0 saturated heterocycles. The number of imidazole rings is 1. The van der Waals surface area contributed by atoms with Crippen molar-refractivity contribution in [1.82, 2.24) is 9.55 Å². The first-order chi connectivity index (χ1) is 10.3. The monoisotopic (exact) mass is 273 g/mol. The minimum Gasteiger partial charge on any atom is -0.327 e. The molecule has 21 heavy (non-hydrogen) atoms. The number of aromatic nitrogens is 2. The lowest BCUT2D eigenvalue weighted by Gasteiger charge is -2.09. The lowest BCUT2D eigenvalue weighted by atomic mass is 10.1. The summed E-state index contributed by atoms with van der Waals surface area (Å²) >= 11 is 0. The van der Waals surface area contributed by atoms with Gasteiger partial charge in [0.25, 0.3) is 0 Å². The molecule has 3 heteroatoms. The number of rotatable bonds is 3. The normalized spacial score (nSPS) is 10.3. The predicted octanol–water partition coefficient (Wildman–Crippen LogP) is 3.78. The lowest BCUT2D eigenvalue weighted by molar-refractivity contribution is 0.805. The zero-order chi connectivity index (χ0) is 14.7. The highest BCUT2D eigenvalue weighted by molar-refractivity contribution is 5.57. The molecule has 102 valence electrons. The van der Waals surface area contributed by atoms with E-state index < -0.39 is 0 Å². The molecule has 0 atom stereocenters. The van der Waals surface area contributed by atoms with Crippen LogP contribution in [0.15, 0.2) is 60.9 Å². The second kappa shape index (κ2) is 5.64. The van der Waals surface area contributed by atoms with Gasteiger partial charge in [0.1, 0.15) is 5.82 Å². The van der Waals surface area contributed by atoms with E-state index in [-0.39, 0.29) is 0 Å². The zero-order valence-electron chi connectivity index (χ0n) is 11.8. The topological polar surface area (TPSA) is 41.6 Å². The number of nitrogens with zero attached hydrogens (tertiary/aromatic N) is 3. The van der Waals surface area contributed by atoms with Gasteiger partial charge >= 0.3 is 0 Å². The van der Waals surface area contributed by atoms with Crippen LogP contribution in [-0.4, -0.2) is 9.55 Å². The third-order valence-corrected chi connectivity index (χ3v) is 3.47. The minimum atomic E-state index is 0.646. The molecular weight excluding hydrogens is 258 g/mol. The molecule has 0 radical (unpaired) electrons. The number of hydrogen-bond acceptors (Lipinski definition) is 2. The van der Waals surface area contributed by atoms with E-state index in [1.165, 1.54) is 5.56 Å². The summed E-state index contributed by atoms with van der Waals surface area (Å²) in [4.78, 5) is 4.46. The van der Waals surface area contributed by atoms with Crippen LogP contribution < -0.4 is 0 Å². The van der Waals surface area contributed by atoms with Crippen molar-refractivity contribution in [1.29, 1.82) is 5.26 Å². The first kappa shape index (κ1) is 13.1. The Morgan fingerprint density at radius 2 is 2.00 bits per heavy atom. The lowest BCUT2D eigenvalue weighted by Crippen LogP contribution is -2.03. The van der Waals surface area contributed by atoms with Crippen molar-refractivity contribution in [3.8, 4) is 17.5 Å². The number of nitriles is 1. The van der Waals surface area contributed by atoms with Crippen LogP contribution in [0, 0.1) is 18.3 Å². The fourth-order valence-electron chi connectivity index (χ4n) is 2.43. The van der Waals surface area contributed by atoms with Crippen molar-refractivity contribution in [2.75, 3.05) is 0 Å². The minimum absolute atomic E-state index is 0.646. The highest BCUT2D eigenvalue weighted by Gasteiger charge is 2.08. The van der Waals surface area contributed by atoms with E-state index in [2.05, 4.69) is 40.7 Å². The van der Waals surface area contributed by atoms with Gasteiger partial charge in [-0.25, -0.2) is 4.98 Å². The van der Waals surface area contributed by atoms with Gasteiger partial charge in [-0.3, -0.25) is 0 Å². The van der Waals surface area contributed by atoms with E-state index in [1.807, 2.05) is 36.5 Å². The summed E-state index contributed by atoms with van der Waals surface area (Å²) in [6.45, 7) is 2.72. The van der Waals surface area contributed by atoms with Crippen LogP contribution in [0.1, 0.15) is 16.7 Å². The molecule has 0 spiro atoms. The molecule has 0 saturated carbocycles. The summed E-state index contributed by atoms with van der Waals surface area (Å²) in [6, 6.07) is 18.2. The molecule has 2 aromatic carbocycles. The highest BCUT2D eigenvalue weighted by atomic mass is 15.1. The SMILES string of the molecule is Cc1cccc(-c2nccn2Cc2ccccc2C#N)c1. The molecule has 0 fully saturated rings. The smallest absolute Gasteiger partial charge is 0.140 e. The first-order valence-electron chi connectivity index (χ1n) is 6.84. The van der Waals surface area contributed by atoms with Gasteiger partial charge in [-0.15, -0.1) is 0 Å². The van der Waals surface area contributed by atoms with E-state index in [4.69, 9.17) is 0 Å². The van der Waals surface area contributed by atoms with Crippen LogP contribution >= 0.6 is 0 Å². The molecule has 3 aromatic rings. The van der Waals surface area contributed by atoms with Crippen LogP contribution in [-0.2, 0) is 6.54 Å². The summed E-state index contributed by atoms with van der Waals surface area (Å²) in [6.07, 6.45) is 3.75. The number of benzene rings is 2. The van der Waals surface area contributed by atoms with Crippen LogP contribution in [0.4, 0.5) is 0 Å². The molecule has 3 nitrogen and oxygen atoms in total. The molecule has 0 N–H and O–H groups in total. The molecule has 0 bridgehead atoms. The molecule has 0 aliphatic carbocycles. The zero-order valence-corrected chi connectivity index (χ0v) is 11.8. The molecule has 0 aliphatic rings. The van der Waals surface area contributed by atoms with Crippen LogP contribution in [0.25, 0.3) is 11.4 Å². The third kappa shape index (κ3) is 2.70. The van der Waals surface area contributed by atoms with Crippen molar-refractivity contribution in [3.63, 3.8) is 0 Å². The maximum absolute atomic E-state index is 9.19. The largest absolute Gasteiger partial charge is 0.327 e. The highest BCUT2D eigenvalue weighted by Crippen LogP contribution is 2.20. The van der Waals surface area contributed by atoms with Gasteiger partial charge in [0, 0.05) is 18.0 Å². The van der Waals surface area contributed by atoms with Crippen LogP contribution in [0.5, 0.6) is 0 Å². The van der Waals surface area contributed by atoms with Crippen molar-refractivity contribution in [2.45, 2.75) is 13.5 Å². The molecule has 3 rings (SSSR count).